The Kier molecular flexibility index (Phi) is 3.10. The van der Waals surface area contributed by atoms with E-state index >= 15 is 0 Å². The summed E-state index contributed by atoms with van der Waals surface area (Å²) in [6, 6.07) is 1.07. The maximum atomic E-state index is 4.12. The van der Waals surface area contributed by atoms with E-state index in [0.717, 1.165) is 5.82 Å². The monoisotopic (exact) mass is 197 g/mol. The Hall–Kier alpha value is -0.700. The summed E-state index contributed by atoms with van der Waals surface area (Å²) in [6.45, 7) is 10.9. The van der Waals surface area contributed by atoms with Gasteiger partial charge in [-0.05, 0) is 19.8 Å². The molecule has 14 heavy (non-hydrogen) atoms. The molecule has 1 fully saturated rings. The second kappa shape index (κ2) is 3.81. The van der Waals surface area contributed by atoms with Crippen LogP contribution in [0.25, 0.3) is 0 Å². The molecule has 0 aliphatic carbocycles. The molecule has 0 aromatic carbocycles. The molecule has 0 aromatic heterocycles. The van der Waals surface area contributed by atoms with Crippen LogP contribution in [0.5, 0.6) is 0 Å². The third-order valence-electron chi connectivity index (χ3n) is 3.98. The molecule has 0 spiro atoms. The SMILES string of the molecule is C=C1N(C)C(C)C(C)C(C)N(C)N1C. The van der Waals surface area contributed by atoms with E-state index in [4.69, 9.17) is 0 Å². The van der Waals surface area contributed by atoms with E-state index in [0.29, 0.717) is 18.0 Å². The van der Waals surface area contributed by atoms with Crippen molar-refractivity contribution in [3.05, 3.63) is 12.4 Å². The molecule has 3 heteroatoms. The Bertz CT molecular complexity index is 205. The van der Waals surface area contributed by atoms with E-state index in [-0.39, 0.29) is 0 Å². The molecule has 0 bridgehead atoms. The van der Waals surface area contributed by atoms with Crippen molar-refractivity contribution < 1.29 is 0 Å². The predicted molar refractivity (Wildman–Crippen MR) is 60.5 cm³/mol. The van der Waals surface area contributed by atoms with Crippen LogP contribution in [0.2, 0.25) is 0 Å². The molecule has 0 amide bonds. The molecule has 0 N–H and O–H groups in total. The molecule has 3 unspecified atom stereocenters. The number of hydrazine groups is 1. The fraction of sp³-hybridized carbons (Fsp3) is 0.818. The maximum absolute atomic E-state index is 4.12. The van der Waals surface area contributed by atoms with Crippen molar-refractivity contribution in [2.45, 2.75) is 32.9 Å². The molecule has 0 radical (unpaired) electrons. The van der Waals surface area contributed by atoms with Crippen molar-refractivity contribution in [2.75, 3.05) is 21.1 Å². The molecule has 1 rings (SSSR count). The summed E-state index contributed by atoms with van der Waals surface area (Å²) in [6.07, 6.45) is 0. The van der Waals surface area contributed by atoms with Gasteiger partial charge in [-0.15, -0.1) is 0 Å². The van der Waals surface area contributed by atoms with Crippen LogP contribution in [-0.4, -0.2) is 48.1 Å². The van der Waals surface area contributed by atoms with Crippen molar-refractivity contribution in [3.63, 3.8) is 0 Å². The molecule has 3 nitrogen and oxygen atoms in total. The number of rotatable bonds is 0. The topological polar surface area (TPSA) is 9.72 Å². The van der Waals surface area contributed by atoms with Gasteiger partial charge in [-0.3, -0.25) is 5.01 Å². The first-order chi connectivity index (χ1) is 6.37. The Labute approximate surface area is 87.9 Å². The van der Waals surface area contributed by atoms with Gasteiger partial charge in [0.2, 0.25) is 0 Å². The number of nitrogens with zero attached hydrogens (tertiary/aromatic N) is 3. The smallest absolute Gasteiger partial charge is 0.111 e. The predicted octanol–water partition coefficient (Wildman–Crippen LogP) is 1.59. The average molecular weight is 197 g/mol. The van der Waals surface area contributed by atoms with Crippen LogP contribution in [-0.2, 0) is 0 Å². The lowest BCUT2D eigenvalue weighted by Crippen LogP contribution is -2.43. The van der Waals surface area contributed by atoms with Gasteiger partial charge in [0.15, 0.2) is 0 Å². The summed E-state index contributed by atoms with van der Waals surface area (Å²) >= 11 is 0. The molecule has 1 aliphatic rings. The summed E-state index contributed by atoms with van der Waals surface area (Å²) in [7, 11) is 6.31. The van der Waals surface area contributed by atoms with Crippen LogP contribution in [0.3, 0.4) is 0 Å². The first kappa shape index (κ1) is 11.4. The van der Waals surface area contributed by atoms with E-state index in [1.54, 1.807) is 0 Å². The van der Waals surface area contributed by atoms with Crippen molar-refractivity contribution >= 4 is 0 Å². The molecule has 1 saturated heterocycles. The first-order valence-electron chi connectivity index (χ1n) is 5.26. The van der Waals surface area contributed by atoms with Crippen LogP contribution in [0.15, 0.2) is 12.4 Å². The van der Waals surface area contributed by atoms with Gasteiger partial charge in [-0.25, -0.2) is 5.01 Å². The van der Waals surface area contributed by atoms with Crippen molar-refractivity contribution in [2.24, 2.45) is 5.92 Å². The molecule has 82 valence electrons. The molecule has 0 saturated carbocycles. The van der Waals surface area contributed by atoms with Gasteiger partial charge in [-0.2, -0.15) is 0 Å². The zero-order chi connectivity index (χ0) is 11.0. The summed E-state index contributed by atoms with van der Waals surface area (Å²) < 4.78 is 0. The lowest BCUT2D eigenvalue weighted by atomic mass is 9.95. The number of hydrogen-bond donors (Lipinski definition) is 0. The van der Waals surface area contributed by atoms with Gasteiger partial charge in [0.1, 0.15) is 5.82 Å². The molecule has 1 heterocycles. The Balaban J connectivity index is 2.98. The van der Waals surface area contributed by atoms with Crippen molar-refractivity contribution in [3.8, 4) is 0 Å². The van der Waals surface area contributed by atoms with Crippen molar-refractivity contribution in [1.82, 2.24) is 14.9 Å². The molecule has 1 aliphatic heterocycles. The van der Waals surface area contributed by atoms with Gasteiger partial charge in [0, 0.05) is 33.2 Å². The van der Waals surface area contributed by atoms with E-state index in [9.17, 15) is 0 Å². The minimum absolute atomic E-state index is 0.532. The number of hydrogen-bond acceptors (Lipinski definition) is 3. The third kappa shape index (κ3) is 1.61. The van der Waals surface area contributed by atoms with Gasteiger partial charge < -0.3 is 4.90 Å². The van der Waals surface area contributed by atoms with Crippen LogP contribution < -0.4 is 0 Å². The highest BCUT2D eigenvalue weighted by molar-refractivity contribution is 4.98. The highest BCUT2D eigenvalue weighted by Crippen LogP contribution is 2.26. The van der Waals surface area contributed by atoms with Crippen LogP contribution >= 0.6 is 0 Å². The second-order valence-corrected chi connectivity index (χ2v) is 4.46. The highest BCUT2D eigenvalue weighted by atomic mass is 15.7. The Morgan fingerprint density at radius 2 is 1.50 bits per heavy atom. The standard InChI is InChI=1S/C11H23N3/c1-8-9(2)12(5)11(4)14(7)13(6)10(8)3/h8-10H,4H2,1-3,5-7H3. The average Bonchev–Trinajstić information content (AvgIpc) is 2.23. The summed E-state index contributed by atoms with van der Waals surface area (Å²) in [4.78, 5) is 2.25. The molecule has 3 atom stereocenters. The minimum atomic E-state index is 0.532. The van der Waals surface area contributed by atoms with Crippen LogP contribution in [0.1, 0.15) is 20.8 Å². The third-order valence-corrected chi connectivity index (χ3v) is 3.98. The Morgan fingerprint density at radius 3 is 2.00 bits per heavy atom. The maximum Gasteiger partial charge on any atom is 0.111 e. The van der Waals surface area contributed by atoms with E-state index in [1.165, 1.54) is 0 Å². The first-order valence-corrected chi connectivity index (χ1v) is 5.26. The quantitative estimate of drug-likeness (QED) is 0.584. The van der Waals surface area contributed by atoms with E-state index in [2.05, 4.69) is 63.4 Å². The molecular formula is C11H23N3. The van der Waals surface area contributed by atoms with E-state index < -0.39 is 0 Å². The van der Waals surface area contributed by atoms with Gasteiger partial charge >= 0.3 is 0 Å². The summed E-state index contributed by atoms with van der Waals surface area (Å²) in [5.74, 6) is 1.70. The molecular weight excluding hydrogens is 174 g/mol. The lowest BCUT2D eigenvalue weighted by molar-refractivity contribution is 0.0104. The Morgan fingerprint density at radius 1 is 1.00 bits per heavy atom. The molecule has 0 aromatic rings. The van der Waals surface area contributed by atoms with Crippen LogP contribution in [0.4, 0.5) is 0 Å². The zero-order valence-corrected chi connectivity index (χ0v) is 10.3. The van der Waals surface area contributed by atoms with E-state index in [1.807, 2.05) is 0 Å². The minimum Gasteiger partial charge on any atom is -0.358 e. The largest absolute Gasteiger partial charge is 0.358 e. The fourth-order valence-corrected chi connectivity index (χ4v) is 2.01. The summed E-state index contributed by atoms with van der Waals surface area (Å²) in [5, 5.41) is 4.39. The zero-order valence-electron chi connectivity index (χ0n) is 10.3. The van der Waals surface area contributed by atoms with Crippen LogP contribution in [0, 0.1) is 5.92 Å². The van der Waals surface area contributed by atoms with Gasteiger partial charge in [0.25, 0.3) is 0 Å². The van der Waals surface area contributed by atoms with Crippen molar-refractivity contribution in [1.29, 1.82) is 0 Å². The highest BCUT2D eigenvalue weighted by Gasteiger charge is 2.32. The summed E-state index contributed by atoms with van der Waals surface area (Å²) in [5.41, 5.74) is 0. The van der Waals surface area contributed by atoms with Gasteiger partial charge in [0.05, 0.1) is 0 Å². The second-order valence-electron chi connectivity index (χ2n) is 4.46. The lowest BCUT2D eigenvalue weighted by Gasteiger charge is -2.35. The normalized spacial score (nSPS) is 36.1. The fourth-order valence-electron chi connectivity index (χ4n) is 2.01. The van der Waals surface area contributed by atoms with Gasteiger partial charge in [-0.1, -0.05) is 13.5 Å².